The lowest BCUT2D eigenvalue weighted by Gasteiger charge is -2.14. The molecule has 102 valence electrons. The van der Waals surface area contributed by atoms with Gasteiger partial charge in [-0.25, -0.2) is 8.78 Å². The van der Waals surface area contributed by atoms with E-state index in [2.05, 4.69) is 5.10 Å². The SMILES string of the molecule is CCc1cc(C(N)c2ccc(F)cc2F)n(CC)n1. The zero-order chi connectivity index (χ0) is 14.0. The van der Waals surface area contributed by atoms with Crippen molar-refractivity contribution in [2.45, 2.75) is 32.9 Å². The van der Waals surface area contributed by atoms with E-state index in [4.69, 9.17) is 5.73 Å². The number of rotatable bonds is 4. The molecular formula is C14H17F2N3. The van der Waals surface area contributed by atoms with Crippen molar-refractivity contribution in [3.63, 3.8) is 0 Å². The number of nitrogens with zero attached hydrogens (tertiary/aromatic N) is 2. The Morgan fingerprint density at radius 2 is 2.00 bits per heavy atom. The van der Waals surface area contributed by atoms with Crippen LogP contribution >= 0.6 is 0 Å². The first-order valence-electron chi connectivity index (χ1n) is 6.34. The molecule has 1 atom stereocenters. The molecule has 0 bridgehead atoms. The third-order valence-corrected chi connectivity index (χ3v) is 3.14. The summed E-state index contributed by atoms with van der Waals surface area (Å²) in [6.07, 6.45) is 0.790. The molecule has 5 heteroatoms. The Hall–Kier alpha value is -1.75. The van der Waals surface area contributed by atoms with Gasteiger partial charge in [0, 0.05) is 18.2 Å². The molecule has 1 aromatic heterocycles. The minimum Gasteiger partial charge on any atom is -0.319 e. The predicted molar refractivity (Wildman–Crippen MR) is 69.7 cm³/mol. The molecular weight excluding hydrogens is 248 g/mol. The van der Waals surface area contributed by atoms with Crippen LogP contribution in [0.1, 0.15) is 36.8 Å². The van der Waals surface area contributed by atoms with Crippen LogP contribution in [-0.4, -0.2) is 9.78 Å². The molecule has 3 nitrogen and oxygen atoms in total. The average molecular weight is 265 g/mol. The summed E-state index contributed by atoms with van der Waals surface area (Å²) < 4.78 is 28.4. The summed E-state index contributed by atoms with van der Waals surface area (Å²) in [5.41, 5.74) is 8.02. The van der Waals surface area contributed by atoms with E-state index >= 15 is 0 Å². The number of hydrogen-bond acceptors (Lipinski definition) is 2. The molecule has 2 rings (SSSR count). The smallest absolute Gasteiger partial charge is 0.131 e. The molecule has 0 aliphatic heterocycles. The van der Waals surface area contributed by atoms with E-state index in [1.54, 1.807) is 4.68 Å². The molecule has 0 spiro atoms. The van der Waals surface area contributed by atoms with Gasteiger partial charge in [0.2, 0.25) is 0 Å². The third-order valence-electron chi connectivity index (χ3n) is 3.14. The van der Waals surface area contributed by atoms with Gasteiger partial charge in [0.15, 0.2) is 0 Å². The summed E-state index contributed by atoms with van der Waals surface area (Å²) in [5.74, 6) is -1.24. The van der Waals surface area contributed by atoms with Crippen LogP contribution in [0.3, 0.4) is 0 Å². The van der Waals surface area contributed by atoms with Gasteiger partial charge in [-0.2, -0.15) is 5.10 Å². The van der Waals surface area contributed by atoms with Gasteiger partial charge in [0.1, 0.15) is 11.6 Å². The van der Waals surface area contributed by atoms with Gasteiger partial charge in [-0.05, 0) is 25.5 Å². The first-order chi connectivity index (χ1) is 9.06. The van der Waals surface area contributed by atoms with Crippen LogP contribution in [0, 0.1) is 11.6 Å². The lowest BCUT2D eigenvalue weighted by molar-refractivity contribution is 0.549. The quantitative estimate of drug-likeness (QED) is 0.923. The molecule has 0 saturated heterocycles. The number of aryl methyl sites for hydroxylation is 2. The predicted octanol–water partition coefficient (Wildman–Crippen LogP) is 2.79. The Morgan fingerprint density at radius 3 is 2.58 bits per heavy atom. The van der Waals surface area contributed by atoms with Gasteiger partial charge in [-0.3, -0.25) is 4.68 Å². The standard InChI is InChI=1S/C14H17F2N3/c1-3-10-8-13(19(4-2)18-10)14(17)11-6-5-9(15)7-12(11)16/h5-8,14H,3-4,17H2,1-2H3. The fraction of sp³-hybridized carbons (Fsp3) is 0.357. The molecule has 0 aliphatic carbocycles. The van der Waals surface area contributed by atoms with E-state index < -0.39 is 17.7 Å². The maximum absolute atomic E-state index is 13.8. The lowest BCUT2D eigenvalue weighted by Crippen LogP contribution is -2.18. The fourth-order valence-electron chi connectivity index (χ4n) is 2.08. The van der Waals surface area contributed by atoms with E-state index in [-0.39, 0.29) is 5.56 Å². The highest BCUT2D eigenvalue weighted by Crippen LogP contribution is 2.23. The second kappa shape index (κ2) is 5.48. The van der Waals surface area contributed by atoms with Gasteiger partial charge in [0.25, 0.3) is 0 Å². The van der Waals surface area contributed by atoms with E-state index in [1.165, 1.54) is 12.1 Å². The highest BCUT2D eigenvalue weighted by Gasteiger charge is 2.19. The molecule has 2 N–H and O–H groups in total. The van der Waals surface area contributed by atoms with Gasteiger partial charge >= 0.3 is 0 Å². The van der Waals surface area contributed by atoms with Crippen molar-refractivity contribution in [3.8, 4) is 0 Å². The summed E-state index contributed by atoms with van der Waals surface area (Å²) in [5, 5.41) is 4.38. The number of nitrogens with two attached hydrogens (primary N) is 1. The molecule has 1 heterocycles. The first kappa shape index (κ1) is 13.7. The van der Waals surface area contributed by atoms with Crippen LogP contribution in [0.4, 0.5) is 8.78 Å². The Kier molecular flexibility index (Phi) is 3.95. The molecule has 19 heavy (non-hydrogen) atoms. The number of halogens is 2. The number of benzene rings is 1. The zero-order valence-corrected chi connectivity index (χ0v) is 11.0. The molecule has 0 radical (unpaired) electrons. The molecule has 2 aromatic rings. The van der Waals surface area contributed by atoms with Crippen LogP contribution in [0.15, 0.2) is 24.3 Å². The molecule has 0 aliphatic rings. The van der Waals surface area contributed by atoms with Crippen molar-refractivity contribution >= 4 is 0 Å². The third kappa shape index (κ3) is 2.66. The van der Waals surface area contributed by atoms with Crippen molar-refractivity contribution in [2.75, 3.05) is 0 Å². The maximum atomic E-state index is 13.8. The van der Waals surface area contributed by atoms with Crippen LogP contribution in [0.2, 0.25) is 0 Å². The summed E-state index contributed by atoms with van der Waals surface area (Å²) in [7, 11) is 0. The Labute approximate surface area is 111 Å². The van der Waals surface area contributed by atoms with E-state index in [9.17, 15) is 8.78 Å². The summed E-state index contributed by atoms with van der Waals surface area (Å²) in [6, 6.07) is 4.67. The number of hydrogen-bond donors (Lipinski definition) is 1. The van der Waals surface area contributed by atoms with E-state index in [0.29, 0.717) is 6.54 Å². The average Bonchev–Trinajstić information content (AvgIpc) is 2.81. The summed E-state index contributed by atoms with van der Waals surface area (Å²) in [4.78, 5) is 0. The summed E-state index contributed by atoms with van der Waals surface area (Å²) in [6.45, 7) is 4.60. The van der Waals surface area contributed by atoms with Crippen LogP contribution < -0.4 is 5.73 Å². The Morgan fingerprint density at radius 1 is 1.26 bits per heavy atom. The summed E-state index contributed by atoms with van der Waals surface area (Å²) >= 11 is 0. The van der Waals surface area contributed by atoms with Crippen LogP contribution in [-0.2, 0) is 13.0 Å². The largest absolute Gasteiger partial charge is 0.319 e. The van der Waals surface area contributed by atoms with E-state index in [0.717, 1.165) is 23.9 Å². The van der Waals surface area contributed by atoms with Crippen molar-refractivity contribution in [2.24, 2.45) is 5.73 Å². The molecule has 0 saturated carbocycles. The minimum absolute atomic E-state index is 0.277. The topological polar surface area (TPSA) is 43.8 Å². The van der Waals surface area contributed by atoms with Crippen molar-refractivity contribution in [1.29, 1.82) is 0 Å². The normalized spacial score (nSPS) is 12.7. The minimum atomic E-state index is -0.645. The second-order valence-electron chi connectivity index (χ2n) is 4.37. The van der Waals surface area contributed by atoms with Crippen molar-refractivity contribution < 1.29 is 8.78 Å². The highest BCUT2D eigenvalue weighted by atomic mass is 19.1. The van der Waals surface area contributed by atoms with Crippen molar-refractivity contribution in [1.82, 2.24) is 9.78 Å². The van der Waals surface area contributed by atoms with Crippen LogP contribution in [0.25, 0.3) is 0 Å². The molecule has 0 amide bonds. The zero-order valence-electron chi connectivity index (χ0n) is 11.0. The first-order valence-corrected chi connectivity index (χ1v) is 6.34. The van der Waals surface area contributed by atoms with Gasteiger partial charge in [0.05, 0.1) is 17.4 Å². The second-order valence-corrected chi connectivity index (χ2v) is 4.37. The molecule has 1 unspecified atom stereocenters. The number of aromatic nitrogens is 2. The fourth-order valence-corrected chi connectivity index (χ4v) is 2.08. The van der Waals surface area contributed by atoms with E-state index in [1.807, 2.05) is 19.9 Å². The van der Waals surface area contributed by atoms with Gasteiger partial charge < -0.3 is 5.73 Å². The van der Waals surface area contributed by atoms with Crippen LogP contribution in [0.5, 0.6) is 0 Å². The molecule has 1 aromatic carbocycles. The maximum Gasteiger partial charge on any atom is 0.131 e. The lowest BCUT2D eigenvalue weighted by atomic mass is 10.0. The monoisotopic (exact) mass is 265 g/mol. The molecule has 0 fully saturated rings. The van der Waals surface area contributed by atoms with Crippen molar-refractivity contribution in [3.05, 3.63) is 52.9 Å². The highest BCUT2D eigenvalue weighted by molar-refractivity contribution is 5.30. The Balaban J connectivity index is 2.42. The Bertz CT molecular complexity index is 578. The van der Waals surface area contributed by atoms with Gasteiger partial charge in [-0.1, -0.05) is 13.0 Å². The van der Waals surface area contributed by atoms with Gasteiger partial charge in [-0.15, -0.1) is 0 Å².